The van der Waals surface area contributed by atoms with E-state index in [4.69, 9.17) is 4.52 Å². The summed E-state index contributed by atoms with van der Waals surface area (Å²) in [6.45, 7) is 4.55. The molecule has 1 aromatic heterocycles. The lowest BCUT2D eigenvalue weighted by molar-refractivity contribution is -0.121. The first-order valence-electron chi connectivity index (χ1n) is 8.82. The molecule has 1 aliphatic rings. The Labute approximate surface area is 155 Å². The molecule has 2 heterocycles. The van der Waals surface area contributed by atoms with Crippen molar-refractivity contribution < 1.29 is 22.9 Å². The van der Waals surface area contributed by atoms with Crippen molar-refractivity contribution in [1.82, 2.24) is 10.1 Å². The number of carbonyl (C=O) groups excluding carboxylic acids is 2. The van der Waals surface area contributed by atoms with Gasteiger partial charge in [0, 0.05) is 12.0 Å². The van der Waals surface area contributed by atoms with E-state index in [0.717, 1.165) is 18.2 Å². The zero-order chi connectivity index (χ0) is 19.6. The Morgan fingerprint density at radius 1 is 1.26 bits per heavy atom. The summed E-state index contributed by atoms with van der Waals surface area (Å²) in [4.78, 5) is 26.8. The van der Waals surface area contributed by atoms with E-state index >= 15 is 0 Å². The third-order valence-corrected chi connectivity index (χ3v) is 4.90. The number of hydrogen-bond donors (Lipinski definition) is 1. The number of aromatic nitrogens is 1. The summed E-state index contributed by atoms with van der Waals surface area (Å²) in [5.41, 5.74) is 0.460. The number of amides is 1. The molecule has 0 aliphatic carbocycles. The molecule has 27 heavy (non-hydrogen) atoms. The Kier molecular flexibility index (Phi) is 5.65. The maximum atomic E-state index is 13.8. The van der Waals surface area contributed by atoms with Gasteiger partial charge in [-0.25, -0.2) is 8.78 Å². The molecule has 1 unspecified atom stereocenters. The average Bonchev–Trinajstić information content (AvgIpc) is 3.07. The van der Waals surface area contributed by atoms with Gasteiger partial charge in [0.1, 0.15) is 11.6 Å². The maximum absolute atomic E-state index is 13.8. The third-order valence-electron chi connectivity index (χ3n) is 4.90. The number of likely N-dealkylation sites (tertiary alicyclic amines) is 1. The highest BCUT2D eigenvalue weighted by Crippen LogP contribution is 2.25. The van der Waals surface area contributed by atoms with Crippen molar-refractivity contribution in [3.8, 4) is 0 Å². The lowest BCUT2D eigenvalue weighted by atomic mass is 9.88. The summed E-state index contributed by atoms with van der Waals surface area (Å²) < 4.78 is 32.1. The standard InChI is InChI=1S/C19H21F2N3O3/c1-11-9-17(27-23-11)22-19(26)12(2)24-7-5-13(6-8-24)18(25)15-10-14(20)3-4-16(15)21/h3-4,9-10,12-13H,5-8H2,1-2H3,(H,22,26). The van der Waals surface area contributed by atoms with Crippen LogP contribution in [0.3, 0.4) is 0 Å². The van der Waals surface area contributed by atoms with Crippen molar-refractivity contribution in [3.05, 3.63) is 47.2 Å². The smallest absolute Gasteiger partial charge is 0.243 e. The molecule has 0 bridgehead atoms. The first kappa shape index (κ1) is 19.2. The Morgan fingerprint density at radius 3 is 2.59 bits per heavy atom. The number of hydrogen-bond acceptors (Lipinski definition) is 5. The van der Waals surface area contributed by atoms with Crippen molar-refractivity contribution in [2.75, 3.05) is 18.4 Å². The SMILES string of the molecule is Cc1cc(NC(=O)C(C)N2CCC(C(=O)c3cc(F)ccc3F)CC2)on1. The molecule has 2 aromatic rings. The molecule has 1 N–H and O–H groups in total. The number of carbonyl (C=O) groups is 2. The topological polar surface area (TPSA) is 75.4 Å². The van der Waals surface area contributed by atoms with Crippen LogP contribution in [-0.4, -0.2) is 40.9 Å². The van der Waals surface area contributed by atoms with Crippen LogP contribution in [0, 0.1) is 24.5 Å². The predicted molar refractivity (Wildman–Crippen MR) is 94.3 cm³/mol. The van der Waals surface area contributed by atoms with E-state index in [-0.39, 0.29) is 29.1 Å². The molecule has 6 nitrogen and oxygen atoms in total. The predicted octanol–water partition coefficient (Wildman–Crippen LogP) is 3.18. The maximum Gasteiger partial charge on any atom is 0.243 e. The molecule has 1 aliphatic heterocycles. The van der Waals surface area contributed by atoms with Gasteiger partial charge in [-0.15, -0.1) is 0 Å². The molecule has 1 aromatic carbocycles. The quantitative estimate of drug-likeness (QED) is 0.810. The van der Waals surface area contributed by atoms with Crippen molar-refractivity contribution >= 4 is 17.6 Å². The lowest BCUT2D eigenvalue weighted by Crippen LogP contribution is -2.47. The molecule has 144 valence electrons. The van der Waals surface area contributed by atoms with E-state index < -0.39 is 17.7 Å². The third kappa shape index (κ3) is 4.39. The van der Waals surface area contributed by atoms with Crippen LogP contribution in [0.1, 0.15) is 35.8 Å². The van der Waals surface area contributed by atoms with E-state index in [2.05, 4.69) is 10.5 Å². The first-order valence-corrected chi connectivity index (χ1v) is 8.82. The molecule has 8 heteroatoms. The number of halogens is 2. The summed E-state index contributed by atoms with van der Waals surface area (Å²) in [5, 5.41) is 6.38. The van der Waals surface area contributed by atoms with Gasteiger partial charge < -0.3 is 4.52 Å². The highest BCUT2D eigenvalue weighted by atomic mass is 19.1. The van der Waals surface area contributed by atoms with Crippen molar-refractivity contribution in [2.45, 2.75) is 32.7 Å². The van der Waals surface area contributed by atoms with E-state index in [0.29, 0.717) is 31.6 Å². The van der Waals surface area contributed by atoms with Gasteiger partial charge >= 0.3 is 0 Å². The summed E-state index contributed by atoms with van der Waals surface area (Å²) in [6.07, 6.45) is 0.960. The highest BCUT2D eigenvalue weighted by molar-refractivity contribution is 5.98. The summed E-state index contributed by atoms with van der Waals surface area (Å²) in [5.74, 6) is -2.06. The fourth-order valence-electron chi connectivity index (χ4n) is 3.27. The number of aryl methyl sites for hydroxylation is 1. The minimum absolute atomic E-state index is 0.208. The van der Waals surface area contributed by atoms with Gasteiger partial charge in [0.15, 0.2) is 5.78 Å². The minimum atomic E-state index is -0.709. The van der Waals surface area contributed by atoms with Crippen LogP contribution in [-0.2, 0) is 4.79 Å². The van der Waals surface area contributed by atoms with E-state index in [1.54, 1.807) is 19.9 Å². The fraction of sp³-hybridized carbons (Fsp3) is 0.421. The number of Topliss-reactive ketones (excluding diaryl/α,β-unsaturated/α-hetero) is 1. The zero-order valence-corrected chi connectivity index (χ0v) is 15.2. The molecule has 1 atom stereocenters. The van der Waals surface area contributed by atoms with E-state index in [1.807, 2.05) is 4.90 Å². The monoisotopic (exact) mass is 377 g/mol. The summed E-state index contributed by atoms with van der Waals surface area (Å²) in [7, 11) is 0. The second kappa shape index (κ2) is 7.96. The molecule has 1 fully saturated rings. The zero-order valence-electron chi connectivity index (χ0n) is 15.2. The molecule has 0 saturated carbocycles. The molecule has 0 spiro atoms. The molecule has 1 amide bonds. The fourth-order valence-corrected chi connectivity index (χ4v) is 3.27. The summed E-state index contributed by atoms with van der Waals surface area (Å²) >= 11 is 0. The molecule has 0 radical (unpaired) electrons. The largest absolute Gasteiger partial charge is 0.338 e. The van der Waals surface area contributed by atoms with Crippen molar-refractivity contribution in [2.24, 2.45) is 5.92 Å². The molecular formula is C19H21F2N3O3. The van der Waals surface area contributed by atoms with Gasteiger partial charge in [-0.2, -0.15) is 0 Å². The van der Waals surface area contributed by atoms with Crippen molar-refractivity contribution in [1.29, 1.82) is 0 Å². The summed E-state index contributed by atoms with van der Waals surface area (Å²) in [6, 6.07) is 4.11. The Bertz CT molecular complexity index is 844. The second-order valence-electron chi connectivity index (χ2n) is 6.80. The molecule has 1 saturated heterocycles. The second-order valence-corrected chi connectivity index (χ2v) is 6.80. The van der Waals surface area contributed by atoms with Gasteiger partial charge in [-0.1, -0.05) is 5.16 Å². The van der Waals surface area contributed by atoms with Gasteiger partial charge in [-0.3, -0.25) is 19.8 Å². The van der Waals surface area contributed by atoms with Gasteiger partial charge in [0.05, 0.1) is 17.3 Å². The van der Waals surface area contributed by atoms with Gasteiger partial charge in [0.2, 0.25) is 11.8 Å². The van der Waals surface area contributed by atoms with Crippen LogP contribution >= 0.6 is 0 Å². The Balaban J connectivity index is 1.57. The number of benzene rings is 1. The Morgan fingerprint density at radius 2 is 1.96 bits per heavy atom. The van der Waals surface area contributed by atoms with Crippen LogP contribution in [0.2, 0.25) is 0 Å². The van der Waals surface area contributed by atoms with Crippen LogP contribution in [0.5, 0.6) is 0 Å². The average molecular weight is 377 g/mol. The number of nitrogens with zero attached hydrogens (tertiary/aromatic N) is 2. The van der Waals surface area contributed by atoms with Crippen LogP contribution in [0.15, 0.2) is 28.8 Å². The normalized spacial score (nSPS) is 16.9. The van der Waals surface area contributed by atoms with E-state index in [9.17, 15) is 18.4 Å². The number of anilines is 1. The van der Waals surface area contributed by atoms with Crippen LogP contribution in [0.4, 0.5) is 14.7 Å². The van der Waals surface area contributed by atoms with Gasteiger partial charge in [0.25, 0.3) is 0 Å². The molecular weight excluding hydrogens is 356 g/mol. The first-order chi connectivity index (χ1) is 12.8. The highest BCUT2D eigenvalue weighted by Gasteiger charge is 2.31. The number of piperidine rings is 1. The van der Waals surface area contributed by atoms with E-state index in [1.165, 1.54) is 0 Å². The number of rotatable bonds is 5. The van der Waals surface area contributed by atoms with Crippen LogP contribution in [0.25, 0.3) is 0 Å². The van der Waals surface area contributed by atoms with Crippen LogP contribution < -0.4 is 5.32 Å². The van der Waals surface area contributed by atoms with Crippen molar-refractivity contribution in [3.63, 3.8) is 0 Å². The lowest BCUT2D eigenvalue weighted by Gasteiger charge is -2.34. The van der Waals surface area contributed by atoms with Gasteiger partial charge in [-0.05, 0) is 58.0 Å². The Hall–Kier alpha value is -2.61. The minimum Gasteiger partial charge on any atom is -0.338 e. The number of nitrogens with one attached hydrogen (secondary N) is 1. The molecule has 3 rings (SSSR count). The number of ketones is 1.